The third-order valence-corrected chi connectivity index (χ3v) is 4.56. The van der Waals surface area contributed by atoms with Gasteiger partial charge in [-0.1, -0.05) is 33.6 Å². The Bertz CT molecular complexity index is 556. The van der Waals surface area contributed by atoms with Gasteiger partial charge in [-0.05, 0) is 36.9 Å². The molecule has 2 rings (SSSR count). The van der Waals surface area contributed by atoms with Gasteiger partial charge in [-0.2, -0.15) is 0 Å². The van der Waals surface area contributed by atoms with E-state index < -0.39 is 0 Å². The summed E-state index contributed by atoms with van der Waals surface area (Å²) in [6.07, 6.45) is 0. The molecule has 0 aliphatic heterocycles. The zero-order chi connectivity index (χ0) is 13.8. The van der Waals surface area contributed by atoms with E-state index in [0.29, 0.717) is 0 Å². The predicted molar refractivity (Wildman–Crippen MR) is 88.3 cm³/mol. The SMILES string of the molecule is CNCc1ccc(Br)cc1N(C)Cc1ccc(Cl)s1. The first-order valence-electron chi connectivity index (χ1n) is 5.98. The maximum absolute atomic E-state index is 5.98. The molecule has 0 saturated heterocycles. The molecule has 0 aliphatic carbocycles. The highest BCUT2D eigenvalue weighted by Gasteiger charge is 2.09. The highest BCUT2D eigenvalue weighted by Crippen LogP contribution is 2.28. The van der Waals surface area contributed by atoms with Gasteiger partial charge in [0.25, 0.3) is 0 Å². The lowest BCUT2D eigenvalue weighted by Gasteiger charge is -2.22. The van der Waals surface area contributed by atoms with Crippen LogP contribution in [0.15, 0.2) is 34.8 Å². The number of halogens is 2. The molecule has 0 unspecified atom stereocenters. The molecule has 0 aliphatic rings. The topological polar surface area (TPSA) is 15.3 Å². The van der Waals surface area contributed by atoms with Crippen molar-refractivity contribution in [2.75, 3.05) is 19.0 Å². The van der Waals surface area contributed by atoms with Crippen LogP contribution in [0.5, 0.6) is 0 Å². The molecule has 0 amide bonds. The van der Waals surface area contributed by atoms with Crippen molar-refractivity contribution < 1.29 is 0 Å². The summed E-state index contributed by atoms with van der Waals surface area (Å²) >= 11 is 11.1. The van der Waals surface area contributed by atoms with Gasteiger partial charge in [0.2, 0.25) is 0 Å². The Hall–Kier alpha value is -0.550. The van der Waals surface area contributed by atoms with Crippen LogP contribution in [-0.2, 0) is 13.1 Å². The first kappa shape index (κ1) is 14.9. The maximum Gasteiger partial charge on any atom is 0.0931 e. The molecule has 102 valence electrons. The fraction of sp³-hybridized carbons (Fsp3) is 0.286. The van der Waals surface area contributed by atoms with E-state index in [-0.39, 0.29) is 0 Å². The maximum atomic E-state index is 5.98. The van der Waals surface area contributed by atoms with Crippen LogP contribution in [0.1, 0.15) is 10.4 Å². The lowest BCUT2D eigenvalue weighted by atomic mass is 10.1. The van der Waals surface area contributed by atoms with Crippen LogP contribution in [0, 0.1) is 0 Å². The van der Waals surface area contributed by atoms with Gasteiger partial charge in [0.05, 0.1) is 10.9 Å². The van der Waals surface area contributed by atoms with Gasteiger partial charge in [0.1, 0.15) is 0 Å². The Balaban J connectivity index is 2.21. The summed E-state index contributed by atoms with van der Waals surface area (Å²) in [5.41, 5.74) is 2.52. The molecule has 0 bridgehead atoms. The molecule has 19 heavy (non-hydrogen) atoms. The summed E-state index contributed by atoms with van der Waals surface area (Å²) in [5, 5.41) is 3.21. The van der Waals surface area contributed by atoms with Crippen molar-refractivity contribution in [1.82, 2.24) is 5.32 Å². The zero-order valence-corrected chi connectivity index (χ0v) is 14.1. The molecule has 5 heteroatoms. The minimum Gasteiger partial charge on any atom is -0.369 e. The molecule has 0 radical (unpaired) electrons. The van der Waals surface area contributed by atoms with Crippen LogP contribution >= 0.6 is 38.9 Å². The smallest absolute Gasteiger partial charge is 0.0931 e. The molecule has 0 atom stereocenters. The summed E-state index contributed by atoms with van der Waals surface area (Å²) in [6, 6.07) is 10.4. The Kier molecular flexibility index (Phi) is 5.28. The van der Waals surface area contributed by atoms with Crippen molar-refractivity contribution in [3.05, 3.63) is 49.6 Å². The fourth-order valence-corrected chi connectivity index (χ4v) is 3.48. The van der Waals surface area contributed by atoms with Crippen LogP contribution in [0.4, 0.5) is 5.69 Å². The number of anilines is 1. The van der Waals surface area contributed by atoms with Crippen molar-refractivity contribution in [1.29, 1.82) is 0 Å². The number of hydrogen-bond donors (Lipinski definition) is 1. The second-order valence-electron chi connectivity index (χ2n) is 4.37. The van der Waals surface area contributed by atoms with Crippen LogP contribution in [0.2, 0.25) is 4.34 Å². The molecule has 1 aromatic carbocycles. The average molecular weight is 360 g/mol. The number of benzene rings is 1. The van der Waals surface area contributed by atoms with Crippen LogP contribution < -0.4 is 10.2 Å². The van der Waals surface area contributed by atoms with Gasteiger partial charge in [-0.15, -0.1) is 11.3 Å². The third kappa shape index (κ3) is 3.96. The van der Waals surface area contributed by atoms with E-state index in [9.17, 15) is 0 Å². The molecular formula is C14H16BrClN2S. The number of thiophene rings is 1. The zero-order valence-electron chi connectivity index (χ0n) is 10.9. The Labute approximate surface area is 131 Å². The van der Waals surface area contributed by atoms with Gasteiger partial charge < -0.3 is 10.2 Å². The summed E-state index contributed by atoms with van der Waals surface area (Å²) < 4.78 is 1.94. The standard InChI is InChI=1S/C14H16BrClN2S/c1-17-8-10-3-4-11(15)7-13(10)18(2)9-12-5-6-14(16)19-12/h3-7,17H,8-9H2,1-2H3. The van der Waals surface area contributed by atoms with Gasteiger partial charge >= 0.3 is 0 Å². The first-order chi connectivity index (χ1) is 9.10. The van der Waals surface area contributed by atoms with Crippen molar-refractivity contribution in [2.24, 2.45) is 0 Å². The third-order valence-electron chi connectivity index (χ3n) is 2.85. The molecular weight excluding hydrogens is 344 g/mol. The van der Waals surface area contributed by atoms with Gasteiger partial charge in [-0.3, -0.25) is 0 Å². The molecule has 0 saturated carbocycles. The summed E-state index contributed by atoms with van der Waals surface area (Å²) in [4.78, 5) is 3.52. The van der Waals surface area contributed by atoms with E-state index in [1.165, 1.54) is 16.1 Å². The van der Waals surface area contributed by atoms with Crippen molar-refractivity contribution in [3.63, 3.8) is 0 Å². The normalized spacial score (nSPS) is 10.7. The van der Waals surface area contributed by atoms with Gasteiger partial charge in [-0.25, -0.2) is 0 Å². The minimum atomic E-state index is 0.841. The van der Waals surface area contributed by atoms with Crippen LogP contribution in [0.3, 0.4) is 0 Å². The number of nitrogens with zero attached hydrogens (tertiary/aromatic N) is 1. The number of hydrogen-bond acceptors (Lipinski definition) is 3. The number of rotatable bonds is 5. The Morgan fingerprint density at radius 2 is 2.11 bits per heavy atom. The molecule has 1 heterocycles. The summed E-state index contributed by atoms with van der Waals surface area (Å²) in [7, 11) is 4.07. The van der Waals surface area contributed by atoms with Crippen molar-refractivity contribution >= 4 is 44.6 Å². The van der Waals surface area contributed by atoms with E-state index >= 15 is 0 Å². The van der Waals surface area contributed by atoms with E-state index in [0.717, 1.165) is 21.9 Å². The second-order valence-corrected chi connectivity index (χ2v) is 7.08. The molecule has 2 nitrogen and oxygen atoms in total. The lowest BCUT2D eigenvalue weighted by Crippen LogP contribution is -2.19. The van der Waals surface area contributed by atoms with E-state index in [4.69, 9.17) is 11.6 Å². The lowest BCUT2D eigenvalue weighted by molar-refractivity contribution is 0.806. The molecule has 0 fully saturated rings. The molecule has 1 N–H and O–H groups in total. The van der Waals surface area contributed by atoms with Crippen molar-refractivity contribution in [3.8, 4) is 0 Å². The van der Waals surface area contributed by atoms with E-state index in [1.54, 1.807) is 11.3 Å². The summed E-state index contributed by atoms with van der Waals surface area (Å²) in [5.74, 6) is 0. The predicted octanol–water partition coefficient (Wildman–Crippen LogP) is 4.52. The monoisotopic (exact) mass is 358 g/mol. The first-order valence-corrected chi connectivity index (χ1v) is 7.97. The molecule has 2 aromatic rings. The minimum absolute atomic E-state index is 0.841. The second kappa shape index (κ2) is 6.75. The number of nitrogens with one attached hydrogen (secondary N) is 1. The Morgan fingerprint density at radius 3 is 2.74 bits per heavy atom. The summed E-state index contributed by atoms with van der Waals surface area (Å²) in [6.45, 7) is 1.72. The highest BCUT2D eigenvalue weighted by molar-refractivity contribution is 9.10. The molecule has 1 aromatic heterocycles. The van der Waals surface area contributed by atoms with Crippen LogP contribution in [-0.4, -0.2) is 14.1 Å². The quantitative estimate of drug-likeness (QED) is 0.844. The van der Waals surface area contributed by atoms with E-state index in [2.05, 4.69) is 57.5 Å². The average Bonchev–Trinajstić information content (AvgIpc) is 2.77. The molecule has 0 spiro atoms. The van der Waals surface area contributed by atoms with Gasteiger partial charge in [0, 0.05) is 28.6 Å². The van der Waals surface area contributed by atoms with Gasteiger partial charge in [0.15, 0.2) is 0 Å². The van der Waals surface area contributed by atoms with Crippen LogP contribution in [0.25, 0.3) is 0 Å². The van der Waals surface area contributed by atoms with Crippen molar-refractivity contribution in [2.45, 2.75) is 13.1 Å². The largest absolute Gasteiger partial charge is 0.369 e. The van der Waals surface area contributed by atoms with E-state index in [1.807, 2.05) is 13.1 Å². The highest BCUT2D eigenvalue weighted by atomic mass is 79.9. The Morgan fingerprint density at radius 1 is 1.32 bits per heavy atom. The fourth-order valence-electron chi connectivity index (χ4n) is 1.99.